The van der Waals surface area contributed by atoms with Crippen LogP contribution < -0.4 is 16.0 Å². The third-order valence-electron chi connectivity index (χ3n) is 7.57. The summed E-state index contributed by atoms with van der Waals surface area (Å²) < 4.78 is 32.9. The third-order valence-corrected chi connectivity index (χ3v) is 7.86. The van der Waals surface area contributed by atoms with Gasteiger partial charge < -0.3 is 20.7 Å². The standard InChI is InChI=1S/C31H30ClF2N3O.C2H4O2/c1-18-5-3-8-23(27-14-9-21(17-36-27)29-26(33)13-12-25(32)30(29)34)19-6-4-7-20(15-19)24-11-10-22(35-2)16-28(24)37-31(18)38;1-4-2-3/h4,6-7,9-18,23,27,35-36H,3,5,8H2,1-2H3,(H,37,38);2H,1H3. The zero-order valence-corrected chi connectivity index (χ0v) is 24.5. The van der Waals surface area contributed by atoms with Crippen molar-refractivity contribution in [3.05, 3.63) is 101 Å². The molecule has 3 unspecified atom stereocenters. The van der Waals surface area contributed by atoms with Crippen molar-refractivity contribution in [2.75, 3.05) is 24.8 Å². The minimum absolute atomic E-state index is 0.00150. The second-order valence-corrected chi connectivity index (χ2v) is 10.7. The Labute approximate surface area is 249 Å². The number of benzene rings is 3. The maximum absolute atomic E-state index is 14.6. The molecule has 220 valence electrons. The average Bonchev–Trinajstić information content (AvgIpc) is 3.01. The summed E-state index contributed by atoms with van der Waals surface area (Å²) in [6.07, 6.45) is 7.82. The first-order valence-corrected chi connectivity index (χ1v) is 14.1. The number of halogens is 3. The molecule has 2 heterocycles. The molecule has 2 aliphatic rings. The molecule has 0 radical (unpaired) electrons. The lowest BCUT2D eigenvalue weighted by Crippen LogP contribution is -2.32. The summed E-state index contributed by atoms with van der Waals surface area (Å²) in [5, 5.41) is 9.54. The summed E-state index contributed by atoms with van der Waals surface area (Å²) in [5.41, 5.74) is 5.08. The second kappa shape index (κ2) is 14.1. The van der Waals surface area contributed by atoms with E-state index in [1.165, 1.54) is 19.2 Å². The van der Waals surface area contributed by atoms with E-state index >= 15 is 0 Å². The fourth-order valence-corrected chi connectivity index (χ4v) is 5.43. The molecular formula is C33H34ClF2N3O3. The van der Waals surface area contributed by atoms with Gasteiger partial charge in [0.15, 0.2) is 5.82 Å². The molecule has 6 nitrogen and oxygen atoms in total. The van der Waals surface area contributed by atoms with Crippen LogP contribution in [0.25, 0.3) is 16.7 Å². The van der Waals surface area contributed by atoms with Crippen molar-refractivity contribution >= 4 is 40.9 Å². The minimum atomic E-state index is -0.770. The maximum atomic E-state index is 14.6. The molecule has 0 aromatic heterocycles. The van der Waals surface area contributed by atoms with Crippen molar-refractivity contribution in [1.82, 2.24) is 5.32 Å². The van der Waals surface area contributed by atoms with E-state index in [9.17, 15) is 13.6 Å². The summed E-state index contributed by atoms with van der Waals surface area (Å²) in [5.74, 6) is -1.48. The van der Waals surface area contributed by atoms with Gasteiger partial charge in [0.25, 0.3) is 6.47 Å². The zero-order valence-electron chi connectivity index (χ0n) is 23.7. The van der Waals surface area contributed by atoms with Crippen LogP contribution in [0, 0.1) is 17.6 Å². The van der Waals surface area contributed by atoms with Crippen molar-refractivity contribution in [1.29, 1.82) is 0 Å². The van der Waals surface area contributed by atoms with Gasteiger partial charge in [-0.05, 0) is 48.2 Å². The van der Waals surface area contributed by atoms with E-state index < -0.39 is 11.6 Å². The highest BCUT2D eigenvalue weighted by Gasteiger charge is 2.26. The molecule has 3 aromatic rings. The molecule has 0 saturated carbocycles. The van der Waals surface area contributed by atoms with E-state index in [1.54, 1.807) is 12.3 Å². The van der Waals surface area contributed by atoms with Gasteiger partial charge in [-0.25, -0.2) is 8.78 Å². The van der Waals surface area contributed by atoms with Gasteiger partial charge in [0.2, 0.25) is 5.91 Å². The number of amides is 1. The smallest absolute Gasteiger partial charge is 0.292 e. The number of carbonyl (C=O) groups is 2. The topological polar surface area (TPSA) is 79.5 Å². The molecule has 9 heteroatoms. The molecule has 3 aromatic carbocycles. The van der Waals surface area contributed by atoms with Crippen LogP contribution in [-0.4, -0.2) is 32.6 Å². The van der Waals surface area contributed by atoms with Gasteiger partial charge in [0, 0.05) is 41.9 Å². The number of rotatable bonds is 4. The van der Waals surface area contributed by atoms with E-state index in [0.717, 1.165) is 47.3 Å². The lowest BCUT2D eigenvalue weighted by Gasteiger charge is -2.30. The Balaban J connectivity index is 0.000000952. The number of carbonyl (C=O) groups excluding carboxylic acids is 2. The number of allylic oxidation sites excluding steroid dienone is 2. The molecule has 5 rings (SSSR count). The maximum Gasteiger partial charge on any atom is 0.292 e. The number of anilines is 2. The fourth-order valence-electron chi connectivity index (χ4n) is 5.27. The molecule has 0 saturated heterocycles. The predicted octanol–water partition coefficient (Wildman–Crippen LogP) is 7.53. The first-order chi connectivity index (χ1) is 20.3. The number of nitrogens with one attached hydrogen (secondary N) is 3. The molecule has 42 heavy (non-hydrogen) atoms. The zero-order chi connectivity index (χ0) is 30.2. The number of ether oxygens (including phenoxy) is 1. The van der Waals surface area contributed by atoms with Gasteiger partial charge in [-0.2, -0.15) is 0 Å². The molecule has 2 bridgehead atoms. The summed E-state index contributed by atoms with van der Waals surface area (Å²) in [6.45, 7) is 2.33. The fraction of sp³-hybridized carbons (Fsp3) is 0.273. The Kier molecular flexibility index (Phi) is 10.4. The quantitative estimate of drug-likeness (QED) is 0.215. The van der Waals surface area contributed by atoms with Crippen LogP contribution in [0.4, 0.5) is 20.2 Å². The second-order valence-electron chi connectivity index (χ2n) is 10.3. The Hall–Kier alpha value is -4.17. The highest BCUT2D eigenvalue weighted by atomic mass is 35.5. The molecule has 2 aliphatic heterocycles. The van der Waals surface area contributed by atoms with Crippen molar-refractivity contribution < 1.29 is 23.1 Å². The molecule has 3 N–H and O–H groups in total. The van der Waals surface area contributed by atoms with Crippen LogP contribution in [0.15, 0.2) is 72.9 Å². The van der Waals surface area contributed by atoms with Gasteiger partial charge in [0.1, 0.15) is 5.82 Å². The Morgan fingerprint density at radius 3 is 2.57 bits per heavy atom. The van der Waals surface area contributed by atoms with Crippen molar-refractivity contribution in [3.63, 3.8) is 0 Å². The van der Waals surface area contributed by atoms with E-state index in [-0.39, 0.29) is 34.4 Å². The number of dihydropyridines is 1. The largest absolute Gasteiger partial charge is 0.471 e. The lowest BCUT2D eigenvalue weighted by atomic mass is 9.83. The van der Waals surface area contributed by atoms with Crippen LogP contribution in [0.3, 0.4) is 0 Å². The molecule has 1 amide bonds. The Morgan fingerprint density at radius 1 is 1.10 bits per heavy atom. The lowest BCUT2D eigenvalue weighted by molar-refractivity contribution is -0.126. The number of hydrogen-bond acceptors (Lipinski definition) is 5. The van der Waals surface area contributed by atoms with Gasteiger partial charge >= 0.3 is 0 Å². The number of methoxy groups -OCH3 is 1. The highest BCUT2D eigenvalue weighted by molar-refractivity contribution is 6.31. The van der Waals surface area contributed by atoms with E-state index in [2.05, 4.69) is 32.8 Å². The van der Waals surface area contributed by atoms with Gasteiger partial charge in [-0.15, -0.1) is 0 Å². The minimum Gasteiger partial charge on any atom is -0.471 e. The summed E-state index contributed by atoms with van der Waals surface area (Å²) in [4.78, 5) is 22.0. The van der Waals surface area contributed by atoms with Crippen molar-refractivity contribution in [3.8, 4) is 11.1 Å². The third kappa shape index (κ3) is 6.99. The molecular weight excluding hydrogens is 560 g/mol. The average molecular weight is 594 g/mol. The molecule has 0 fully saturated rings. The molecule has 3 atom stereocenters. The Morgan fingerprint density at radius 2 is 1.88 bits per heavy atom. The monoisotopic (exact) mass is 593 g/mol. The number of hydrogen-bond donors (Lipinski definition) is 3. The van der Waals surface area contributed by atoms with Gasteiger partial charge in [-0.1, -0.05) is 67.4 Å². The Bertz CT molecular complexity index is 1510. The normalized spacial score (nSPS) is 19.7. The molecule has 0 aliphatic carbocycles. The van der Waals surface area contributed by atoms with Gasteiger partial charge in [-0.3, -0.25) is 9.59 Å². The van der Waals surface area contributed by atoms with E-state index in [4.69, 9.17) is 16.4 Å². The molecule has 0 spiro atoms. The predicted molar refractivity (Wildman–Crippen MR) is 164 cm³/mol. The van der Waals surface area contributed by atoms with Crippen molar-refractivity contribution in [2.24, 2.45) is 5.92 Å². The van der Waals surface area contributed by atoms with Gasteiger partial charge in [0.05, 0.1) is 29.4 Å². The first-order valence-electron chi connectivity index (χ1n) is 13.7. The van der Waals surface area contributed by atoms with Crippen LogP contribution in [0.5, 0.6) is 0 Å². The summed E-state index contributed by atoms with van der Waals surface area (Å²) >= 11 is 5.91. The van der Waals surface area contributed by atoms with Crippen LogP contribution in [0.1, 0.15) is 43.2 Å². The van der Waals surface area contributed by atoms with Crippen molar-refractivity contribution in [2.45, 2.75) is 38.1 Å². The highest BCUT2D eigenvalue weighted by Crippen LogP contribution is 2.37. The summed E-state index contributed by atoms with van der Waals surface area (Å²) in [6, 6.07) is 16.7. The van der Waals surface area contributed by atoms with Crippen LogP contribution in [0.2, 0.25) is 5.02 Å². The number of fused-ring (bicyclic) bond motifs is 4. The van der Waals surface area contributed by atoms with E-state index in [0.29, 0.717) is 12.0 Å². The SMILES string of the molecule is CNc1ccc2c(c1)NC(=O)C(C)CCCC(C1C=CC(c3c(F)ccc(Cl)c3F)=CN1)c1cccc-2c1.COC=O. The van der Waals surface area contributed by atoms with Crippen LogP contribution >= 0.6 is 11.6 Å². The van der Waals surface area contributed by atoms with Crippen LogP contribution in [-0.2, 0) is 14.3 Å². The summed E-state index contributed by atoms with van der Waals surface area (Å²) in [7, 11) is 3.17. The van der Waals surface area contributed by atoms with E-state index in [1.807, 2.05) is 50.4 Å². The first kappa shape index (κ1) is 30.8.